The van der Waals surface area contributed by atoms with Gasteiger partial charge in [-0.3, -0.25) is 9.59 Å². The van der Waals surface area contributed by atoms with Crippen LogP contribution in [0, 0.1) is 5.92 Å². The zero-order valence-electron chi connectivity index (χ0n) is 15.0. The Hall–Kier alpha value is -2.61. The van der Waals surface area contributed by atoms with Crippen molar-refractivity contribution in [1.82, 2.24) is 10.2 Å². The van der Waals surface area contributed by atoms with Crippen molar-refractivity contribution >= 4 is 23.6 Å². The summed E-state index contributed by atoms with van der Waals surface area (Å²) in [6.07, 6.45) is 1.21. The van der Waals surface area contributed by atoms with Crippen molar-refractivity contribution in [2.45, 2.75) is 32.4 Å². The van der Waals surface area contributed by atoms with Crippen molar-refractivity contribution in [3.8, 4) is 0 Å². The Morgan fingerprint density at radius 1 is 1.38 bits per heavy atom. The fourth-order valence-corrected chi connectivity index (χ4v) is 2.65. The number of ether oxygens (including phenoxy) is 1. The fraction of sp³-hybridized carbons (Fsp3) is 0.500. The number of nitrogens with zero attached hydrogens (tertiary/aromatic N) is 1. The van der Waals surface area contributed by atoms with Gasteiger partial charge >= 0.3 is 12.0 Å². The van der Waals surface area contributed by atoms with E-state index in [1.165, 1.54) is 4.90 Å². The molecular formula is C18H25N3O5. The lowest BCUT2D eigenvalue weighted by Crippen LogP contribution is -2.40. The molecule has 0 radical (unpaired) electrons. The zero-order valence-corrected chi connectivity index (χ0v) is 15.0. The van der Waals surface area contributed by atoms with E-state index in [1.54, 1.807) is 32.2 Å². The van der Waals surface area contributed by atoms with Gasteiger partial charge in [0.1, 0.15) is 6.10 Å². The Labute approximate surface area is 152 Å². The molecule has 1 aromatic rings. The summed E-state index contributed by atoms with van der Waals surface area (Å²) in [6.45, 7) is 2.55. The molecule has 8 nitrogen and oxygen atoms in total. The minimum absolute atomic E-state index is 0.124. The predicted octanol–water partition coefficient (Wildman–Crippen LogP) is 1.67. The molecule has 1 aliphatic rings. The van der Waals surface area contributed by atoms with Gasteiger partial charge in [0.15, 0.2) is 0 Å². The molecule has 2 unspecified atom stereocenters. The van der Waals surface area contributed by atoms with Crippen LogP contribution in [0.1, 0.15) is 25.3 Å². The van der Waals surface area contributed by atoms with Crippen molar-refractivity contribution in [2.75, 3.05) is 25.5 Å². The summed E-state index contributed by atoms with van der Waals surface area (Å²) >= 11 is 0. The Morgan fingerprint density at radius 3 is 2.81 bits per heavy atom. The van der Waals surface area contributed by atoms with E-state index in [-0.39, 0.29) is 25.0 Å². The van der Waals surface area contributed by atoms with Crippen LogP contribution in [0.4, 0.5) is 10.5 Å². The van der Waals surface area contributed by atoms with Gasteiger partial charge in [-0.2, -0.15) is 0 Å². The van der Waals surface area contributed by atoms with Crippen LogP contribution in [-0.4, -0.2) is 54.2 Å². The Kier molecular flexibility index (Phi) is 6.97. The van der Waals surface area contributed by atoms with Crippen molar-refractivity contribution in [1.29, 1.82) is 0 Å². The maximum absolute atomic E-state index is 12.1. The lowest BCUT2D eigenvalue weighted by molar-refractivity contribution is -0.141. The summed E-state index contributed by atoms with van der Waals surface area (Å²) in [7, 11) is 1.55. The summed E-state index contributed by atoms with van der Waals surface area (Å²) in [4.78, 5) is 36.3. The zero-order chi connectivity index (χ0) is 19.1. The second-order valence-electron chi connectivity index (χ2n) is 6.47. The molecule has 1 aliphatic heterocycles. The van der Waals surface area contributed by atoms with Gasteiger partial charge in [-0.05, 0) is 30.5 Å². The Balaban J connectivity index is 1.84. The number of carboxylic acids is 1. The van der Waals surface area contributed by atoms with Crippen LogP contribution in [0.25, 0.3) is 0 Å². The predicted molar refractivity (Wildman–Crippen MR) is 95.7 cm³/mol. The fourth-order valence-electron chi connectivity index (χ4n) is 2.65. The number of hydrogen-bond acceptors (Lipinski definition) is 4. The molecular weight excluding hydrogens is 338 g/mol. The molecule has 3 N–H and O–H groups in total. The van der Waals surface area contributed by atoms with E-state index in [4.69, 9.17) is 9.84 Å². The highest BCUT2D eigenvalue weighted by atomic mass is 16.5. The summed E-state index contributed by atoms with van der Waals surface area (Å²) in [5, 5.41) is 14.5. The Bertz CT molecular complexity index is 658. The maximum atomic E-state index is 12.1. The summed E-state index contributed by atoms with van der Waals surface area (Å²) in [6, 6.07) is 6.84. The summed E-state index contributed by atoms with van der Waals surface area (Å²) < 4.78 is 5.35. The number of amides is 3. The first-order valence-electron chi connectivity index (χ1n) is 8.60. The van der Waals surface area contributed by atoms with Gasteiger partial charge in [0.25, 0.3) is 5.91 Å². The number of carboxylic acid groups (broad SMARTS) is 1. The molecule has 26 heavy (non-hydrogen) atoms. The third-order valence-electron chi connectivity index (χ3n) is 4.18. The number of aliphatic carboxylic acids is 1. The van der Waals surface area contributed by atoms with E-state index in [2.05, 4.69) is 10.6 Å². The van der Waals surface area contributed by atoms with Gasteiger partial charge in [0.2, 0.25) is 0 Å². The van der Waals surface area contributed by atoms with Crippen molar-refractivity contribution < 1.29 is 24.2 Å². The monoisotopic (exact) mass is 363 g/mol. The molecule has 142 valence electrons. The lowest BCUT2D eigenvalue weighted by Gasteiger charge is -2.20. The van der Waals surface area contributed by atoms with Crippen LogP contribution in [0.15, 0.2) is 24.3 Å². The van der Waals surface area contributed by atoms with E-state index < -0.39 is 18.0 Å². The molecule has 1 heterocycles. The van der Waals surface area contributed by atoms with Crippen LogP contribution >= 0.6 is 0 Å². The molecule has 3 amide bonds. The number of hydrogen-bond donors (Lipinski definition) is 3. The average molecular weight is 363 g/mol. The van der Waals surface area contributed by atoms with Crippen LogP contribution in [0.2, 0.25) is 0 Å². The van der Waals surface area contributed by atoms with Crippen molar-refractivity contribution in [3.05, 3.63) is 29.8 Å². The third kappa shape index (κ3) is 5.73. The normalized spacial score (nSPS) is 17.4. The highest BCUT2D eigenvalue weighted by molar-refractivity contribution is 5.94. The molecule has 0 aromatic heterocycles. The van der Waals surface area contributed by atoms with Gasteiger partial charge in [-0.15, -0.1) is 0 Å². The van der Waals surface area contributed by atoms with E-state index in [1.807, 2.05) is 6.07 Å². The second-order valence-corrected chi connectivity index (χ2v) is 6.47. The van der Waals surface area contributed by atoms with E-state index in [9.17, 15) is 14.4 Å². The van der Waals surface area contributed by atoms with Crippen LogP contribution in [0.3, 0.4) is 0 Å². The van der Waals surface area contributed by atoms with Gasteiger partial charge in [0.05, 0.1) is 5.92 Å². The molecule has 1 aromatic carbocycles. The number of rotatable bonds is 7. The first kappa shape index (κ1) is 19.7. The molecule has 1 saturated heterocycles. The highest BCUT2D eigenvalue weighted by Crippen LogP contribution is 2.16. The number of carbonyl (C=O) groups is 3. The molecule has 0 aliphatic carbocycles. The quantitative estimate of drug-likeness (QED) is 0.683. The molecule has 1 fully saturated rings. The molecule has 2 atom stereocenters. The number of nitrogens with one attached hydrogen (secondary N) is 2. The minimum Gasteiger partial charge on any atom is -0.481 e. The molecule has 2 rings (SSSR count). The first-order chi connectivity index (χ1) is 12.4. The standard InChI is InChI=1S/C18H25N3O5/c1-12(17(23)24)11-21(2)18(25)19-10-13-5-3-6-14(9-13)20-16(22)15-7-4-8-26-15/h3,5-6,9,12,15H,4,7-8,10-11H2,1-2H3,(H,19,25)(H,20,22)(H,23,24). The Morgan fingerprint density at radius 2 is 2.15 bits per heavy atom. The SMILES string of the molecule is CC(CN(C)C(=O)NCc1cccc(NC(=O)C2CCCO2)c1)C(=O)O. The lowest BCUT2D eigenvalue weighted by atomic mass is 10.1. The maximum Gasteiger partial charge on any atom is 0.317 e. The first-order valence-corrected chi connectivity index (χ1v) is 8.60. The molecule has 0 saturated carbocycles. The van der Waals surface area contributed by atoms with Gasteiger partial charge in [-0.25, -0.2) is 4.79 Å². The molecule has 0 spiro atoms. The van der Waals surface area contributed by atoms with Crippen LogP contribution < -0.4 is 10.6 Å². The van der Waals surface area contributed by atoms with Crippen LogP contribution in [0.5, 0.6) is 0 Å². The molecule has 8 heteroatoms. The summed E-state index contributed by atoms with van der Waals surface area (Å²) in [5.41, 5.74) is 1.47. The minimum atomic E-state index is -0.945. The topological polar surface area (TPSA) is 108 Å². The summed E-state index contributed by atoms with van der Waals surface area (Å²) in [5.74, 6) is -1.74. The largest absolute Gasteiger partial charge is 0.481 e. The van der Waals surface area contributed by atoms with Gasteiger partial charge in [-0.1, -0.05) is 19.1 Å². The molecule has 0 bridgehead atoms. The average Bonchev–Trinajstić information content (AvgIpc) is 3.14. The second kappa shape index (κ2) is 9.19. The highest BCUT2D eigenvalue weighted by Gasteiger charge is 2.23. The third-order valence-corrected chi connectivity index (χ3v) is 4.18. The van der Waals surface area contributed by atoms with E-state index in [0.29, 0.717) is 12.3 Å². The number of anilines is 1. The number of benzene rings is 1. The smallest absolute Gasteiger partial charge is 0.317 e. The van der Waals surface area contributed by atoms with Crippen molar-refractivity contribution in [2.24, 2.45) is 5.92 Å². The van der Waals surface area contributed by atoms with Gasteiger partial charge < -0.3 is 25.4 Å². The van der Waals surface area contributed by atoms with E-state index >= 15 is 0 Å². The number of carbonyl (C=O) groups excluding carboxylic acids is 2. The number of urea groups is 1. The van der Waals surface area contributed by atoms with E-state index in [0.717, 1.165) is 18.4 Å². The van der Waals surface area contributed by atoms with Crippen molar-refractivity contribution in [3.63, 3.8) is 0 Å². The van der Waals surface area contributed by atoms with Gasteiger partial charge in [0, 0.05) is 32.4 Å². The van der Waals surface area contributed by atoms with Crippen LogP contribution in [-0.2, 0) is 20.9 Å².